The van der Waals surface area contributed by atoms with E-state index in [2.05, 4.69) is 5.32 Å². The number of carbonyl (C=O) groups excluding carboxylic acids is 2. The van der Waals surface area contributed by atoms with Crippen molar-refractivity contribution in [2.24, 2.45) is 0 Å². The lowest BCUT2D eigenvalue weighted by atomic mass is 10.1. The third kappa shape index (κ3) is 2.71. The Kier molecular flexibility index (Phi) is 3.47. The first-order valence-corrected chi connectivity index (χ1v) is 5.64. The fraction of sp³-hybridized carbons (Fsp3) is 0. The summed E-state index contributed by atoms with van der Waals surface area (Å²) >= 11 is 0. The number of carbonyl (C=O) groups is 2. The van der Waals surface area contributed by atoms with E-state index < -0.39 is 0 Å². The Labute approximate surface area is 110 Å². The number of hydrogen-bond donors (Lipinski definition) is 3. The van der Waals surface area contributed by atoms with Gasteiger partial charge in [-0.05, 0) is 24.3 Å². The maximum atomic E-state index is 10.9. The van der Waals surface area contributed by atoms with Gasteiger partial charge in [0.2, 0.25) is 0 Å². The molecule has 5 N–H and O–H groups in total. The van der Waals surface area contributed by atoms with E-state index in [1.165, 1.54) is 0 Å². The molecule has 1 aliphatic heterocycles. The van der Waals surface area contributed by atoms with Crippen LogP contribution in [0, 0.1) is 0 Å². The summed E-state index contributed by atoms with van der Waals surface area (Å²) in [5, 5.41) is 2.20. The second-order valence-electron chi connectivity index (χ2n) is 3.96. The number of fused-ring (bicyclic) bond motifs is 1. The minimum atomic E-state index is -0.300. The molecule has 96 valence electrons. The molecule has 0 radical (unpaired) electrons. The van der Waals surface area contributed by atoms with Crippen molar-refractivity contribution in [3.05, 3.63) is 59.7 Å². The normalized spacial score (nSPS) is 12.2. The van der Waals surface area contributed by atoms with Crippen LogP contribution in [0.5, 0.6) is 0 Å². The van der Waals surface area contributed by atoms with Crippen LogP contribution >= 0.6 is 0 Å². The Morgan fingerprint density at radius 1 is 0.684 bits per heavy atom. The first-order chi connectivity index (χ1) is 9.09. The van der Waals surface area contributed by atoms with Gasteiger partial charge in [0.1, 0.15) is 0 Å². The highest BCUT2D eigenvalue weighted by molar-refractivity contribution is 6.21. The van der Waals surface area contributed by atoms with Gasteiger partial charge in [0.05, 0.1) is 22.5 Å². The second kappa shape index (κ2) is 5.22. The molecule has 19 heavy (non-hydrogen) atoms. The molecular formula is C14H13N3O2. The Bertz CT molecular complexity index is 584. The average Bonchev–Trinajstić information content (AvgIpc) is 2.70. The number of anilines is 2. The Hall–Kier alpha value is -2.82. The standard InChI is InChI=1S/C8H5NO2.C6H8N2/c10-7-5-3-1-2-4-6(5)8(11)9-7;7-5-3-1-2-4-6(5)8/h1-4H,(H,9,10,11);1-4H,7-8H2. The van der Waals surface area contributed by atoms with Crippen LogP contribution in [0.3, 0.4) is 0 Å². The first-order valence-electron chi connectivity index (χ1n) is 5.64. The van der Waals surface area contributed by atoms with Gasteiger partial charge >= 0.3 is 0 Å². The highest BCUT2D eigenvalue weighted by atomic mass is 16.2. The summed E-state index contributed by atoms with van der Waals surface area (Å²) in [7, 11) is 0. The fourth-order valence-electron chi connectivity index (χ4n) is 1.63. The van der Waals surface area contributed by atoms with Crippen molar-refractivity contribution in [1.82, 2.24) is 5.32 Å². The molecule has 2 aromatic rings. The monoisotopic (exact) mass is 255 g/mol. The summed E-state index contributed by atoms with van der Waals surface area (Å²) in [4.78, 5) is 21.9. The minimum Gasteiger partial charge on any atom is -0.397 e. The van der Waals surface area contributed by atoms with E-state index in [0.29, 0.717) is 22.5 Å². The Morgan fingerprint density at radius 3 is 1.42 bits per heavy atom. The molecule has 0 saturated heterocycles. The van der Waals surface area contributed by atoms with Crippen LogP contribution in [0.4, 0.5) is 11.4 Å². The van der Waals surface area contributed by atoms with E-state index in [0.717, 1.165) is 0 Å². The van der Waals surface area contributed by atoms with E-state index in [1.54, 1.807) is 36.4 Å². The van der Waals surface area contributed by atoms with Gasteiger partial charge in [0.25, 0.3) is 11.8 Å². The van der Waals surface area contributed by atoms with Crippen molar-refractivity contribution in [1.29, 1.82) is 0 Å². The van der Waals surface area contributed by atoms with Crippen molar-refractivity contribution in [3.8, 4) is 0 Å². The molecule has 0 spiro atoms. The largest absolute Gasteiger partial charge is 0.397 e. The Morgan fingerprint density at radius 2 is 1.05 bits per heavy atom. The maximum absolute atomic E-state index is 10.9. The maximum Gasteiger partial charge on any atom is 0.258 e. The van der Waals surface area contributed by atoms with E-state index in [9.17, 15) is 9.59 Å². The molecule has 0 fully saturated rings. The predicted octanol–water partition coefficient (Wildman–Crippen LogP) is 1.42. The van der Waals surface area contributed by atoms with Gasteiger partial charge in [0.15, 0.2) is 0 Å². The van der Waals surface area contributed by atoms with E-state index in [4.69, 9.17) is 11.5 Å². The van der Waals surface area contributed by atoms with Gasteiger partial charge in [-0.2, -0.15) is 0 Å². The molecule has 5 heteroatoms. The van der Waals surface area contributed by atoms with Crippen molar-refractivity contribution in [2.75, 3.05) is 11.5 Å². The van der Waals surface area contributed by atoms with Crippen LogP contribution in [-0.4, -0.2) is 11.8 Å². The number of rotatable bonds is 0. The topological polar surface area (TPSA) is 98.2 Å². The predicted molar refractivity (Wildman–Crippen MR) is 73.5 cm³/mol. The highest BCUT2D eigenvalue weighted by Crippen LogP contribution is 2.13. The molecule has 1 heterocycles. The van der Waals surface area contributed by atoms with Crippen LogP contribution in [0.1, 0.15) is 20.7 Å². The third-order valence-electron chi connectivity index (χ3n) is 2.64. The minimum absolute atomic E-state index is 0.300. The lowest BCUT2D eigenvalue weighted by molar-refractivity contribution is 0.0879. The van der Waals surface area contributed by atoms with Crippen molar-refractivity contribution in [2.45, 2.75) is 0 Å². The average molecular weight is 255 g/mol. The van der Waals surface area contributed by atoms with Crippen LogP contribution in [-0.2, 0) is 0 Å². The fourth-order valence-corrected chi connectivity index (χ4v) is 1.63. The highest BCUT2D eigenvalue weighted by Gasteiger charge is 2.25. The number of imide groups is 1. The molecule has 0 bridgehead atoms. The van der Waals surface area contributed by atoms with Crippen LogP contribution in [0.2, 0.25) is 0 Å². The molecule has 1 aliphatic rings. The van der Waals surface area contributed by atoms with E-state index >= 15 is 0 Å². The summed E-state index contributed by atoms with van der Waals surface area (Å²) in [6, 6.07) is 14.0. The molecule has 0 atom stereocenters. The summed E-state index contributed by atoms with van der Waals surface area (Å²) in [5.74, 6) is -0.601. The number of nitrogens with one attached hydrogen (secondary N) is 1. The Balaban J connectivity index is 0.000000148. The molecule has 0 aromatic heterocycles. The summed E-state index contributed by atoms with van der Waals surface area (Å²) in [6.45, 7) is 0. The molecule has 2 amide bonds. The molecule has 0 unspecified atom stereocenters. The lowest BCUT2D eigenvalue weighted by Gasteiger charge is -1.94. The first kappa shape index (κ1) is 12.6. The smallest absolute Gasteiger partial charge is 0.258 e. The molecule has 3 rings (SSSR count). The molecular weight excluding hydrogens is 242 g/mol. The summed E-state index contributed by atoms with van der Waals surface area (Å²) in [5.41, 5.74) is 13.0. The van der Waals surface area contributed by atoms with Crippen molar-refractivity contribution >= 4 is 23.2 Å². The van der Waals surface area contributed by atoms with E-state index in [1.807, 2.05) is 12.1 Å². The van der Waals surface area contributed by atoms with Gasteiger partial charge in [-0.3, -0.25) is 14.9 Å². The molecule has 5 nitrogen and oxygen atoms in total. The number of para-hydroxylation sites is 2. The van der Waals surface area contributed by atoms with Gasteiger partial charge in [0, 0.05) is 0 Å². The molecule has 2 aromatic carbocycles. The van der Waals surface area contributed by atoms with Crippen molar-refractivity contribution in [3.63, 3.8) is 0 Å². The van der Waals surface area contributed by atoms with Crippen LogP contribution in [0.25, 0.3) is 0 Å². The third-order valence-corrected chi connectivity index (χ3v) is 2.64. The zero-order chi connectivity index (χ0) is 13.8. The van der Waals surface area contributed by atoms with Gasteiger partial charge < -0.3 is 11.5 Å². The van der Waals surface area contributed by atoms with E-state index in [-0.39, 0.29) is 11.8 Å². The number of hydrogen-bond acceptors (Lipinski definition) is 4. The van der Waals surface area contributed by atoms with Gasteiger partial charge in [-0.15, -0.1) is 0 Å². The van der Waals surface area contributed by atoms with Crippen LogP contribution < -0.4 is 16.8 Å². The number of amides is 2. The zero-order valence-corrected chi connectivity index (χ0v) is 10.1. The zero-order valence-electron chi connectivity index (χ0n) is 10.1. The lowest BCUT2D eigenvalue weighted by Crippen LogP contribution is -2.19. The quantitative estimate of drug-likeness (QED) is 0.489. The van der Waals surface area contributed by atoms with Crippen LogP contribution in [0.15, 0.2) is 48.5 Å². The second-order valence-corrected chi connectivity index (χ2v) is 3.96. The van der Waals surface area contributed by atoms with Gasteiger partial charge in [-0.1, -0.05) is 24.3 Å². The number of nitrogens with two attached hydrogens (primary N) is 2. The summed E-state index contributed by atoms with van der Waals surface area (Å²) in [6.07, 6.45) is 0. The molecule has 0 saturated carbocycles. The SMILES string of the molecule is Nc1ccccc1N.O=C1NC(=O)c2ccccc21. The van der Waals surface area contributed by atoms with Gasteiger partial charge in [-0.25, -0.2) is 0 Å². The number of benzene rings is 2. The van der Waals surface area contributed by atoms with Crippen molar-refractivity contribution < 1.29 is 9.59 Å². The number of nitrogen functional groups attached to an aromatic ring is 2. The summed E-state index contributed by atoms with van der Waals surface area (Å²) < 4.78 is 0. The molecule has 0 aliphatic carbocycles.